The average Bonchev–Trinajstić information content (AvgIpc) is 2.78. The Bertz CT molecular complexity index is 656. The van der Waals surface area contributed by atoms with Crippen LogP contribution in [0.5, 0.6) is 5.75 Å². The van der Waals surface area contributed by atoms with Crippen LogP contribution in [0, 0.1) is 10.1 Å². The van der Waals surface area contributed by atoms with Crippen molar-refractivity contribution in [3.63, 3.8) is 0 Å². The summed E-state index contributed by atoms with van der Waals surface area (Å²) >= 11 is 4.43. The van der Waals surface area contributed by atoms with Gasteiger partial charge in [0.15, 0.2) is 0 Å². The highest BCUT2D eigenvalue weighted by atomic mass is 79.9. The number of nitro benzene ring substituents is 1. The van der Waals surface area contributed by atoms with E-state index >= 15 is 0 Å². The van der Waals surface area contributed by atoms with E-state index in [1.165, 1.54) is 11.3 Å². The summed E-state index contributed by atoms with van der Waals surface area (Å²) in [4.78, 5) is 22.4. The van der Waals surface area contributed by atoms with E-state index < -0.39 is 10.8 Å². The molecule has 0 fully saturated rings. The lowest BCUT2D eigenvalue weighted by Crippen LogP contribution is -2.11. The van der Waals surface area contributed by atoms with Crippen LogP contribution in [0.25, 0.3) is 0 Å². The van der Waals surface area contributed by atoms with Gasteiger partial charge in [-0.2, -0.15) is 0 Å². The number of non-ortho nitro benzene ring substituents is 1. The summed E-state index contributed by atoms with van der Waals surface area (Å²) in [5, 5.41) is 24.4. The Morgan fingerprint density at radius 3 is 2.74 bits per heavy atom. The summed E-state index contributed by atoms with van der Waals surface area (Å²) in [6, 6.07) is 5.14. The summed E-state index contributed by atoms with van der Waals surface area (Å²) in [6.07, 6.45) is 0. The van der Waals surface area contributed by atoms with E-state index in [9.17, 15) is 20.0 Å². The molecule has 8 heteroatoms. The number of nitrogens with zero attached hydrogens (tertiary/aromatic N) is 1. The Morgan fingerprint density at radius 2 is 2.16 bits per heavy atom. The first-order valence-corrected chi connectivity index (χ1v) is 6.68. The molecule has 0 spiro atoms. The average molecular weight is 343 g/mol. The maximum atomic E-state index is 11.9. The monoisotopic (exact) mass is 342 g/mol. The number of halogens is 1. The Hall–Kier alpha value is -1.93. The number of rotatable bonds is 3. The third kappa shape index (κ3) is 2.91. The second kappa shape index (κ2) is 5.37. The highest BCUT2D eigenvalue weighted by Crippen LogP contribution is 2.30. The van der Waals surface area contributed by atoms with E-state index in [1.54, 1.807) is 11.4 Å². The molecule has 0 aliphatic heterocycles. The van der Waals surface area contributed by atoms with Gasteiger partial charge in [-0.3, -0.25) is 14.9 Å². The van der Waals surface area contributed by atoms with Gasteiger partial charge in [-0.15, -0.1) is 11.3 Å². The van der Waals surface area contributed by atoms with Gasteiger partial charge in [0.1, 0.15) is 10.6 Å². The molecule has 1 aromatic heterocycles. The lowest BCUT2D eigenvalue weighted by atomic mass is 10.2. The fraction of sp³-hybridized carbons (Fsp3) is 0. The maximum absolute atomic E-state index is 11.9. The summed E-state index contributed by atoms with van der Waals surface area (Å²) < 4.78 is 0.625. The molecule has 0 bridgehead atoms. The van der Waals surface area contributed by atoms with Gasteiger partial charge in [-0.1, -0.05) is 0 Å². The molecule has 0 radical (unpaired) electrons. The molecule has 2 N–H and O–H groups in total. The number of nitro groups is 1. The second-order valence-electron chi connectivity index (χ2n) is 3.51. The number of carbonyl (C=O) groups excluding carboxylic acids is 1. The molecular formula is C11H7BrN2O4S. The lowest BCUT2D eigenvalue weighted by molar-refractivity contribution is -0.384. The molecule has 0 unspecified atom stereocenters. The molecule has 0 saturated carbocycles. The number of nitrogens with one attached hydrogen (secondary N) is 1. The molecule has 2 aromatic rings. The molecule has 19 heavy (non-hydrogen) atoms. The van der Waals surface area contributed by atoms with Gasteiger partial charge >= 0.3 is 0 Å². The van der Waals surface area contributed by atoms with Crippen molar-refractivity contribution in [1.82, 2.24) is 0 Å². The SMILES string of the molecule is O=C(Nc1cc([N+](=O)[O-])ccc1O)c1sccc1Br. The predicted molar refractivity (Wildman–Crippen MR) is 74.7 cm³/mol. The molecular weight excluding hydrogens is 336 g/mol. The summed E-state index contributed by atoms with van der Waals surface area (Å²) in [5.41, 5.74) is -0.210. The molecule has 2 rings (SSSR count). The number of hydrogen-bond donors (Lipinski definition) is 2. The van der Waals surface area contributed by atoms with Gasteiger partial charge in [0, 0.05) is 16.6 Å². The molecule has 6 nitrogen and oxygen atoms in total. The zero-order valence-electron chi connectivity index (χ0n) is 9.29. The Labute approximate surface area is 120 Å². The number of phenols is 1. The molecule has 0 aliphatic carbocycles. The highest BCUT2D eigenvalue weighted by molar-refractivity contribution is 9.10. The van der Waals surface area contributed by atoms with Gasteiger partial charge in [0.2, 0.25) is 0 Å². The Kier molecular flexibility index (Phi) is 3.82. The van der Waals surface area contributed by atoms with Gasteiger partial charge in [0.05, 0.1) is 10.6 Å². The largest absolute Gasteiger partial charge is 0.506 e. The minimum Gasteiger partial charge on any atom is -0.506 e. The number of hydrogen-bond acceptors (Lipinski definition) is 5. The minimum absolute atomic E-state index is 0.000463. The van der Waals surface area contributed by atoms with Crippen LogP contribution in [0.15, 0.2) is 34.1 Å². The van der Waals surface area contributed by atoms with Crippen molar-refractivity contribution < 1.29 is 14.8 Å². The van der Waals surface area contributed by atoms with Gasteiger partial charge < -0.3 is 10.4 Å². The number of anilines is 1. The normalized spacial score (nSPS) is 10.2. The number of thiophene rings is 1. The quantitative estimate of drug-likeness (QED) is 0.508. The molecule has 1 amide bonds. The topological polar surface area (TPSA) is 92.5 Å². The van der Waals surface area contributed by atoms with E-state index in [0.29, 0.717) is 9.35 Å². The third-order valence-electron chi connectivity index (χ3n) is 2.26. The van der Waals surface area contributed by atoms with Crippen molar-refractivity contribution in [2.75, 3.05) is 5.32 Å². The second-order valence-corrected chi connectivity index (χ2v) is 5.28. The standard InChI is InChI=1S/C11H7BrN2O4S/c12-7-3-4-19-10(7)11(16)13-8-5-6(14(17)18)1-2-9(8)15/h1-5,15H,(H,13,16). The first-order valence-electron chi connectivity index (χ1n) is 5.01. The number of carbonyl (C=O) groups is 1. The molecule has 1 heterocycles. The van der Waals surface area contributed by atoms with E-state index in [-0.39, 0.29) is 17.1 Å². The van der Waals surface area contributed by atoms with Gasteiger partial charge in [-0.05, 0) is 33.4 Å². The van der Waals surface area contributed by atoms with Crippen LogP contribution >= 0.6 is 27.3 Å². The van der Waals surface area contributed by atoms with Crippen LogP contribution in [-0.4, -0.2) is 15.9 Å². The first-order chi connectivity index (χ1) is 8.99. The fourth-order valence-electron chi connectivity index (χ4n) is 1.37. The van der Waals surface area contributed by atoms with Crippen molar-refractivity contribution in [2.45, 2.75) is 0 Å². The number of aromatic hydroxyl groups is 1. The molecule has 0 atom stereocenters. The first kappa shape index (κ1) is 13.5. The van der Waals surface area contributed by atoms with Crippen molar-refractivity contribution in [3.05, 3.63) is 49.1 Å². The predicted octanol–water partition coefficient (Wildman–Crippen LogP) is 3.38. The van der Waals surface area contributed by atoms with Crippen LogP contribution in [0.1, 0.15) is 9.67 Å². The van der Waals surface area contributed by atoms with E-state index in [0.717, 1.165) is 18.2 Å². The van der Waals surface area contributed by atoms with Crippen LogP contribution in [0.2, 0.25) is 0 Å². The van der Waals surface area contributed by atoms with Gasteiger partial charge in [-0.25, -0.2) is 0 Å². The zero-order valence-corrected chi connectivity index (χ0v) is 11.7. The summed E-state index contributed by atoms with van der Waals surface area (Å²) in [7, 11) is 0. The minimum atomic E-state index is -0.601. The van der Waals surface area contributed by atoms with Crippen molar-refractivity contribution in [2.24, 2.45) is 0 Å². The number of benzene rings is 1. The van der Waals surface area contributed by atoms with E-state index in [2.05, 4.69) is 21.2 Å². The van der Waals surface area contributed by atoms with Gasteiger partial charge in [0.25, 0.3) is 11.6 Å². The summed E-state index contributed by atoms with van der Waals surface area (Å²) in [6.45, 7) is 0. The summed E-state index contributed by atoms with van der Waals surface area (Å²) in [5.74, 6) is -0.677. The molecule has 1 aromatic carbocycles. The van der Waals surface area contributed by atoms with Crippen LogP contribution in [-0.2, 0) is 0 Å². The van der Waals surface area contributed by atoms with Crippen LogP contribution in [0.4, 0.5) is 11.4 Å². The Morgan fingerprint density at radius 1 is 1.42 bits per heavy atom. The van der Waals surface area contributed by atoms with Crippen LogP contribution < -0.4 is 5.32 Å². The van der Waals surface area contributed by atoms with E-state index in [1.807, 2.05) is 0 Å². The maximum Gasteiger partial charge on any atom is 0.271 e. The van der Waals surface area contributed by atoms with Crippen molar-refractivity contribution in [3.8, 4) is 5.75 Å². The zero-order chi connectivity index (χ0) is 14.0. The van der Waals surface area contributed by atoms with Crippen LogP contribution in [0.3, 0.4) is 0 Å². The lowest BCUT2D eigenvalue weighted by Gasteiger charge is -2.06. The smallest absolute Gasteiger partial charge is 0.271 e. The van der Waals surface area contributed by atoms with Crippen molar-refractivity contribution in [1.29, 1.82) is 0 Å². The van der Waals surface area contributed by atoms with E-state index in [4.69, 9.17) is 0 Å². The molecule has 0 aliphatic rings. The number of phenolic OH excluding ortho intramolecular Hbond substituents is 1. The highest BCUT2D eigenvalue weighted by Gasteiger charge is 2.16. The Balaban J connectivity index is 2.28. The molecule has 98 valence electrons. The fourth-order valence-corrected chi connectivity index (χ4v) is 2.82. The molecule has 0 saturated heterocycles. The third-order valence-corrected chi connectivity index (χ3v) is 4.10. The number of amides is 1. The van der Waals surface area contributed by atoms with Crippen molar-refractivity contribution >= 4 is 44.5 Å².